The van der Waals surface area contributed by atoms with Gasteiger partial charge in [-0.3, -0.25) is 0 Å². The van der Waals surface area contributed by atoms with E-state index in [1.807, 2.05) is 48.5 Å². The molecule has 0 radical (unpaired) electrons. The van der Waals surface area contributed by atoms with Crippen molar-refractivity contribution in [2.75, 3.05) is 0 Å². The van der Waals surface area contributed by atoms with E-state index >= 15 is 0 Å². The lowest BCUT2D eigenvalue weighted by Gasteiger charge is -2.10. The largest absolute Gasteiger partial charge is 0.489 e. The fourth-order valence-corrected chi connectivity index (χ4v) is 1.71. The molecule has 0 unspecified atom stereocenters. The number of aliphatic hydroxyl groups excluding tert-OH is 1. The summed E-state index contributed by atoms with van der Waals surface area (Å²) < 4.78 is 5.70. The van der Waals surface area contributed by atoms with Crippen molar-refractivity contribution in [1.29, 1.82) is 0 Å². The van der Waals surface area contributed by atoms with E-state index in [-0.39, 0.29) is 6.61 Å². The molecule has 3 heteroatoms. The minimum absolute atomic E-state index is 0.0116. The zero-order valence-corrected chi connectivity index (χ0v) is 10.2. The van der Waals surface area contributed by atoms with Crippen LogP contribution in [0.1, 0.15) is 16.7 Å². The van der Waals surface area contributed by atoms with Gasteiger partial charge in [0.1, 0.15) is 12.4 Å². The van der Waals surface area contributed by atoms with Crippen molar-refractivity contribution in [2.24, 2.45) is 5.73 Å². The normalized spacial score (nSPS) is 10.3. The van der Waals surface area contributed by atoms with Crippen molar-refractivity contribution in [3.63, 3.8) is 0 Å². The quantitative estimate of drug-likeness (QED) is 0.846. The molecule has 2 aromatic carbocycles. The monoisotopic (exact) mass is 243 g/mol. The Morgan fingerprint density at radius 3 is 2.28 bits per heavy atom. The third kappa shape index (κ3) is 3.09. The van der Waals surface area contributed by atoms with Crippen molar-refractivity contribution < 1.29 is 9.84 Å². The first kappa shape index (κ1) is 12.6. The van der Waals surface area contributed by atoms with Crippen LogP contribution in [0.3, 0.4) is 0 Å². The van der Waals surface area contributed by atoms with E-state index in [0.29, 0.717) is 13.2 Å². The smallest absolute Gasteiger partial charge is 0.125 e. The van der Waals surface area contributed by atoms with Gasteiger partial charge in [-0.2, -0.15) is 0 Å². The first-order valence-electron chi connectivity index (χ1n) is 5.93. The first-order chi connectivity index (χ1) is 8.83. The molecule has 18 heavy (non-hydrogen) atoms. The molecule has 3 nitrogen and oxygen atoms in total. The molecular weight excluding hydrogens is 226 g/mol. The van der Waals surface area contributed by atoms with E-state index < -0.39 is 0 Å². The highest BCUT2D eigenvalue weighted by Crippen LogP contribution is 2.19. The van der Waals surface area contributed by atoms with Gasteiger partial charge in [0.05, 0.1) is 6.61 Å². The van der Waals surface area contributed by atoms with Crippen LogP contribution in [0.5, 0.6) is 5.75 Å². The van der Waals surface area contributed by atoms with Gasteiger partial charge in [-0.1, -0.05) is 42.5 Å². The molecule has 0 saturated heterocycles. The number of hydrogen-bond donors (Lipinski definition) is 2. The molecule has 0 fully saturated rings. The number of nitrogens with two attached hydrogens (primary N) is 1. The summed E-state index contributed by atoms with van der Waals surface area (Å²) in [7, 11) is 0. The third-order valence-electron chi connectivity index (χ3n) is 2.80. The average molecular weight is 243 g/mol. The van der Waals surface area contributed by atoms with E-state index in [9.17, 15) is 5.11 Å². The van der Waals surface area contributed by atoms with Gasteiger partial charge in [0.2, 0.25) is 0 Å². The fraction of sp³-hybridized carbons (Fsp3) is 0.200. The number of hydrogen-bond acceptors (Lipinski definition) is 3. The second-order valence-electron chi connectivity index (χ2n) is 4.08. The van der Waals surface area contributed by atoms with Gasteiger partial charge in [-0.25, -0.2) is 0 Å². The highest BCUT2D eigenvalue weighted by atomic mass is 16.5. The maximum absolute atomic E-state index is 9.19. The minimum atomic E-state index is -0.0116. The second-order valence-corrected chi connectivity index (χ2v) is 4.08. The summed E-state index contributed by atoms with van der Waals surface area (Å²) in [5.74, 6) is 0.725. The fourth-order valence-electron chi connectivity index (χ4n) is 1.71. The van der Waals surface area contributed by atoms with Crippen LogP contribution in [0.25, 0.3) is 0 Å². The summed E-state index contributed by atoms with van der Waals surface area (Å²) in [5, 5.41) is 9.19. The number of benzene rings is 2. The van der Waals surface area contributed by atoms with Crippen molar-refractivity contribution in [2.45, 2.75) is 19.8 Å². The molecule has 0 aliphatic heterocycles. The Hall–Kier alpha value is -1.84. The zero-order chi connectivity index (χ0) is 12.8. The predicted octanol–water partition coefficient (Wildman–Crippen LogP) is 2.22. The highest BCUT2D eigenvalue weighted by molar-refractivity contribution is 5.33. The van der Waals surface area contributed by atoms with Crippen LogP contribution < -0.4 is 10.5 Å². The molecule has 94 valence electrons. The van der Waals surface area contributed by atoms with Gasteiger partial charge in [0.25, 0.3) is 0 Å². The lowest BCUT2D eigenvalue weighted by atomic mass is 10.1. The molecule has 0 aromatic heterocycles. The van der Waals surface area contributed by atoms with Crippen molar-refractivity contribution in [3.8, 4) is 5.75 Å². The van der Waals surface area contributed by atoms with Gasteiger partial charge < -0.3 is 15.6 Å². The molecule has 2 rings (SSSR count). The summed E-state index contributed by atoms with van der Waals surface area (Å²) in [6, 6.07) is 15.5. The molecular formula is C15H17NO2. The van der Waals surface area contributed by atoms with Crippen LogP contribution in [-0.4, -0.2) is 5.11 Å². The summed E-state index contributed by atoms with van der Waals surface area (Å²) in [6.45, 7) is 1.03. The van der Waals surface area contributed by atoms with E-state index in [4.69, 9.17) is 10.5 Å². The number of aliphatic hydroxyl groups is 1. The summed E-state index contributed by atoms with van der Waals surface area (Å²) in [5.41, 5.74) is 8.53. The van der Waals surface area contributed by atoms with Crippen molar-refractivity contribution in [1.82, 2.24) is 0 Å². The van der Waals surface area contributed by atoms with Gasteiger partial charge >= 0.3 is 0 Å². The van der Waals surface area contributed by atoms with E-state index in [2.05, 4.69) is 0 Å². The Kier molecular flexibility index (Phi) is 4.34. The summed E-state index contributed by atoms with van der Waals surface area (Å²) in [4.78, 5) is 0. The summed E-state index contributed by atoms with van der Waals surface area (Å²) >= 11 is 0. The molecule has 0 amide bonds. The Morgan fingerprint density at radius 2 is 1.61 bits per heavy atom. The molecule has 0 bridgehead atoms. The van der Waals surface area contributed by atoms with Crippen LogP contribution in [0.15, 0.2) is 48.5 Å². The summed E-state index contributed by atoms with van der Waals surface area (Å²) in [6.07, 6.45) is 0. The van der Waals surface area contributed by atoms with Crippen LogP contribution in [0, 0.1) is 0 Å². The Bertz CT molecular complexity index is 494. The standard InChI is InChI=1S/C15H17NO2/c16-9-12-5-7-13(8-6-12)11-18-15-4-2-1-3-14(15)10-17/h1-8,17H,9-11,16H2. The van der Waals surface area contributed by atoms with Crippen LogP contribution >= 0.6 is 0 Å². The van der Waals surface area contributed by atoms with Crippen LogP contribution in [0.4, 0.5) is 0 Å². The van der Waals surface area contributed by atoms with Gasteiger partial charge in [0.15, 0.2) is 0 Å². The molecule has 2 aromatic rings. The molecule has 3 N–H and O–H groups in total. The van der Waals surface area contributed by atoms with Crippen molar-refractivity contribution >= 4 is 0 Å². The molecule has 0 atom stereocenters. The highest BCUT2D eigenvalue weighted by Gasteiger charge is 2.01. The second kappa shape index (κ2) is 6.19. The maximum atomic E-state index is 9.19. The van der Waals surface area contributed by atoms with E-state index in [1.54, 1.807) is 0 Å². The average Bonchev–Trinajstić information content (AvgIpc) is 2.46. The van der Waals surface area contributed by atoms with Crippen molar-refractivity contribution in [3.05, 3.63) is 65.2 Å². The van der Waals surface area contributed by atoms with Gasteiger partial charge in [-0.15, -0.1) is 0 Å². The van der Waals surface area contributed by atoms with Gasteiger partial charge in [-0.05, 0) is 17.2 Å². The predicted molar refractivity (Wildman–Crippen MR) is 71.0 cm³/mol. The number of rotatable bonds is 5. The van der Waals surface area contributed by atoms with Crippen LogP contribution in [0.2, 0.25) is 0 Å². The molecule has 0 aliphatic rings. The Morgan fingerprint density at radius 1 is 0.944 bits per heavy atom. The zero-order valence-electron chi connectivity index (χ0n) is 10.2. The SMILES string of the molecule is NCc1ccc(COc2ccccc2CO)cc1. The Labute approximate surface area is 107 Å². The first-order valence-corrected chi connectivity index (χ1v) is 5.93. The lowest BCUT2D eigenvalue weighted by molar-refractivity contribution is 0.259. The maximum Gasteiger partial charge on any atom is 0.125 e. The molecule has 0 aliphatic carbocycles. The van der Waals surface area contributed by atoms with E-state index in [0.717, 1.165) is 22.4 Å². The molecule has 0 heterocycles. The minimum Gasteiger partial charge on any atom is -0.489 e. The topological polar surface area (TPSA) is 55.5 Å². The molecule has 0 saturated carbocycles. The third-order valence-corrected chi connectivity index (χ3v) is 2.80. The van der Waals surface area contributed by atoms with Gasteiger partial charge in [0, 0.05) is 12.1 Å². The number of para-hydroxylation sites is 1. The molecule has 0 spiro atoms. The lowest BCUT2D eigenvalue weighted by Crippen LogP contribution is -2.00. The Balaban J connectivity index is 2.02. The van der Waals surface area contributed by atoms with E-state index in [1.165, 1.54) is 0 Å². The number of ether oxygens (including phenoxy) is 1. The van der Waals surface area contributed by atoms with Crippen LogP contribution in [-0.2, 0) is 19.8 Å².